The molecule has 0 bridgehead atoms. The third kappa shape index (κ3) is 3.18. The number of carbonyl (C=O) groups excluding carboxylic acids is 2. The highest BCUT2D eigenvalue weighted by Gasteiger charge is 2.52. The fourth-order valence-corrected chi connectivity index (χ4v) is 4.89. The Morgan fingerprint density at radius 3 is 2.60 bits per heavy atom. The number of nitrogens with one attached hydrogen (secondary N) is 1. The van der Waals surface area contributed by atoms with Gasteiger partial charge in [-0.15, -0.1) is 0 Å². The van der Waals surface area contributed by atoms with E-state index in [9.17, 15) is 9.59 Å². The maximum atomic E-state index is 13.5. The van der Waals surface area contributed by atoms with Gasteiger partial charge in [0.15, 0.2) is 0 Å². The van der Waals surface area contributed by atoms with Gasteiger partial charge < -0.3 is 20.9 Å². The summed E-state index contributed by atoms with van der Waals surface area (Å²) in [7, 11) is 1.83. The number of rotatable bonds is 4. The van der Waals surface area contributed by atoms with Crippen molar-refractivity contribution in [2.75, 3.05) is 25.0 Å². The Kier molecular flexibility index (Phi) is 4.91. The van der Waals surface area contributed by atoms with E-state index < -0.39 is 5.41 Å². The van der Waals surface area contributed by atoms with E-state index in [2.05, 4.69) is 12.2 Å². The molecule has 30 heavy (non-hydrogen) atoms. The Hall–Kier alpha value is -2.76. The number of benzene rings is 1. The molecular formula is C24H32N4O2. The highest BCUT2D eigenvalue weighted by atomic mass is 16.2. The van der Waals surface area contributed by atoms with Crippen LogP contribution in [0.3, 0.4) is 0 Å². The second kappa shape index (κ2) is 7.18. The van der Waals surface area contributed by atoms with E-state index >= 15 is 0 Å². The van der Waals surface area contributed by atoms with E-state index in [1.165, 1.54) is 0 Å². The van der Waals surface area contributed by atoms with Crippen LogP contribution in [0.4, 0.5) is 5.69 Å². The van der Waals surface area contributed by atoms with Crippen LogP contribution in [0.1, 0.15) is 52.0 Å². The molecule has 2 amide bonds. The molecule has 160 valence electrons. The van der Waals surface area contributed by atoms with Gasteiger partial charge >= 0.3 is 0 Å². The first-order valence-electron chi connectivity index (χ1n) is 10.8. The van der Waals surface area contributed by atoms with Crippen molar-refractivity contribution in [3.8, 4) is 0 Å². The number of nitrogens with zero attached hydrogens (tertiary/aromatic N) is 2. The fourth-order valence-electron chi connectivity index (χ4n) is 4.89. The number of carbonyl (C=O) groups is 2. The van der Waals surface area contributed by atoms with Crippen molar-refractivity contribution in [2.45, 2.75) is 57.4 Å². The van der Waals surface area contributed by atoms with Crippen molar-refractivity contribution in [1.29, 1.82) is 0 Å². The van der Waals surface area contributed by atoms with Crippen LogP contribution in [0, 0.1) is 0 Å². The number of hydrogen-bond acceptors (Lipinski definition) is 4. The molecule has 1 saturated heterocycles. The van der Waals surface area contributed by atoms with Crippen LogP contribution in [-0.4, -0.2) is 42.4 Å². The molecule has 1 atom stereocenters. The molecule has 6 heteroatoms. The van der Waals surface area contributed by atoms with E-state index in [1.54, 1.807) is 4.90 Å². The molecule has 3 N–H and O–H groups in total. The zero-order valence-corrected chi connectivity index (χ0v) is 18.4. The number of anilines is 1. The lowest BCUT2D eigenvalue weighted by molar-refractivity contribution is -0.132. The molecule has 0 radical (unpaired) electrons. The monoisotopic (exact) mass is 408 g/mol. The fraction of sp³-hybridized carbons (Fsp3) is 0.500. The first-order valence-corrected chi connectivity index (χ1v) is 10.8. The summed E-state index contributed by atoms with van der Waals surface area (Å²) >= 11 is 0. The molecule has 2 aliphatic heterocycles. The van der Waals surface area contributed by atoms with Gasteiger partial charge in [0.1, 0.15) is 5.82 Å². The first kappa shape index (κ1) is 20.5. The summed E-state index contributed by atoms with van der Waals surface area (Å²) in [6.45, 7) is 6.95. The largest absolute Gasteiger partial charge is 0.385 e. The summed E-state index contributed by atoms with van der Waals surface area (Å²) < 4.78 is 0. The van der Waals surface area contributed by atoms with Crippen molar-refractivity contribution in [3.05, 3.63) is 52.9 Å². The zero-order chi connectivity index (χ0) is 21.7. The smallest absolute Gasteiger partial charge is 0.253 e. The van der Waals surface area contributed by atoms with Gasteiger partial charge in [-0.3, -0.25) is 9.59 Å². The summed E-state index contributed by atoms with van der Waals surface area (Å²) in [6.07, 6.45) is 5.57. The Labute approximate surface area is 178 Å². The molecule has 0 aromatic heterocycles. The second-order valence-corrected chi connectivity index (χ2v) is 9.22. The topological polar surface area (TPSA) is 78.7 Å². The average Bonchev–Trinajstić information content (AvgIpc) is 3.45. The van der Waals surface area contributed by atoms with Crippen molar-refractivity contribution in [1.82, 2.24) is 10.2 Å². The number of fused-ring (bicyclic) bond motifs is 2. The Morgan fingerprint density at radius 2 is 1.93 bits per heavy atom. The number of hydrogen-bond donors (Lipinski definition) is 2. The van der Waals surface area contributed by atoms with Crippen LogP contribution < -0.4 is 16.0 Å². The minimum Gasteiger partial charge on any atom is -0.385 e. The van der Waals surface area contributed by atoms with Crippen LogP contribution in [0.15, 0.2) is 47.3 Å². The van der Waals surface area contributed by atoms with Crippen molar-refractivity contribution < 1.29 is 9.59 Å². The minimum absolute atomic E-state index is 0.0486. The number of amides is 2. The van der Waals surface area contributed by atoms with Gasteiger partial charge in [-0.25, -0.2) is 0 Å². The molecule has 4 rings (SSSR count). The van der Waals surface area contributed by atoms with Gasteiger partial charge in [0.2, 0.25) is 5.91 Å². The highest BCUT2D eigenvalue weighted by molar-refractivity contribution is 6.08. The number of nitrogens with two attached hydrogens (primary N) is 1. The predicted molar refractivity (Wildman–Crippen MR) is 119 cm³/mol. The van der Waals surface area contributed by atoms with Crippen LogP contribution in [0.5, 0.6) is 0 Å². The summed E-state index contributed by atoms with van der Waals surface area (Å²) in [5.74, 6) is 0.586. The molecule has 1 saturated carbocycles. The third-order valence-electron chi connectivity index (χ3n) is 7.04. The van der Waals surface area contributed by atoms with E-state index in [0.29, 0.717) is 24.5 Å². The summed E-state index contributed by atoms with van der Waals surface area (Å²) in [5, 5.41) is 3.36. The standard InChI is InChI=1S/C24H32N4O2/c1-5-17(16(2)20(25)26-23(3)12-13-23)21(29)28-14-8-11-24(15-28)18-9-6-7-10-19(18)27(4)22(24)30/h5-7,9-10,26H,8,11-15,25H2,1-4H3/b17-5-,20-16-. The molecule has 1 unspecified atom stereocenters. The summed E-state index contributed by atoms with van der Waals surface area (Å²) in [6, 6.07) is 7.95. The molecule has 1 aromatic rings. The van der Waals surface area contributed by atoms with Crippen LogP contribution in [0.25, 0.3) is 0 Å². The molecule has 2 fully saturated rings. The number of allylic oxidation sites excluding steroid dienone is 1. The van der Waals surface area contributed by atoms with E-state index in [1.807, 2.05) is 56.1 Å². The van der Waals surface area contributed by atoms with Crippen molar-refractivity contribution in [3.63, 3.8) is 0 Å². The molecule has 6 nitrogen and oxygen atoms in total. The van der Waals surface area contributed by atoms with Gasteiger partial charge in [0.05, 0.1) is 5.41 Å². The van der Waals surface area contributed by atoms with E-state index in [-0.39, 0.29) is 17.4 Å². The molecular weight excluding hydrogens is 376 g/mol. The van der Waals surface area contributed by atoms with Crippen LogP contribution in [0.2, 0.25) is 0 Å². The van der Waals surface area contributed by atoms with Gasteiger partial charge in [-0.1, -0.05) is 24.3 Å². The average molecular weight is 409 g/mol. The normalized spacial score (nSPS) is 25.9. The Morgan fingerprint density at radius 1 is 1.23 bits per heavy atom. The maximum absolute atomic E-state index is 13.5. The lowest BCUT2D eigenvalue weighted by Crippen LogP contribution is -2.53. The van der Waals surface area contributed by atoms with Crippen molar-refractivity contribution in [2.24, 2.45) is 5.73 Å². The Bertz CT molecular complexity index is 960. The SMILES string of the molecule is C/C=C(C(=O)N1CCCC2(C1)C(=O)N(C)c1ccccc12)/C(C)=C(/N)NC1(C)CC1. The van der Waals surface area contributed by atoms with Gasteiger partial charge in [0, 0.05) is 42.5 Å². The summed E-state index contributed by atoms with van der Waals surface area (Å²) in [5.41, 5.74) is 9.06. The molecule has 3 aliphatic rings. The second-order valence-electron chi connectivity index (χ2n) is 9.22. The number of para-hydroxylation sites is 1. The van der Waals surface area contributed by atoms with Gasteiger partial charge in [0.25, 0.3) is 5.91 Å². The zero-order valence-electron chi connectivity index (χ0n) is 18.4. The van der Waals surface area contributed by atoms with E-state index in [0.717, 1.165) is 42.5 Å². The number of piperidine rings is 1. The summed E-state index contributed by atoms with van der Waals surface area (Å²) in [4.78, 5) is 30.4. The number of likely N-dealkylation sites (tertiary alicyclic amines) is 1. The lowest BCUT2D eigenvalue weighted by Gasteiger charge is -2.40. The first-order chi connectivity index (χ1) is 14.2. The van der Waals surface area contributed by atoms with Gasteiger partial charge in [-0.05, 0) is 58.1 Å². The molecule has 1 aliphatic carbocycles. The third-order valence-corrected chi connectivity index (χ3v) is 7.04. The minimum atomic E-state index is -0.652. The highest BCUT2D eigenvalue weighted by Crippen LogP contribution is 2.46. The van der Waals surface area contributed by atoms with Crippen LogP contribution in [-0.2, 0) is 15.0 Å². The van der Waals surface area contributed by atoms with E-state index in [4.69, 9.17) is 5.73 Å². The quantitative estimate of drug-likeness (QED) is 0.593. The van der Waals surface area contributed by atoms with Crippen LogP contribution >= 0.6 is 0 Å². The molecule has 1 spiro atoms. The lowest BCUT2D eigenvalue weighted by atomic mass is 9.75. The van der Waals surface area contributed by atoms with Crippen molar-refractivity contribution >= 4 is 17.5 Å². The molecule has 2 heterocycles. The number of likely N-dealkylation sites (N-methyl/N-ethyl adjacent to an activating group) is 1. The predicted octanol–water partition coefficient (Wildman–Crippen LogP) is 2.80. The Balaban J connectivity index is 1.61. The van der Waals surface area contributed by atoms with Gasteiger partial charge in [-0.2, -0.15) is 0 Å². The molecule has 1 aromatic carbocycles. The maximum Gasteiger partial charge on any atom is 0.253 e.